The number of rotatable bonds is 7. The van der Waals surface area contributed by atoms with Gasteiger partial charge in [0.05, 0.1) is 6.42 Å². The second-order valence-corrected chi connectivity index (χ2v) is 7.73. The summed E-state index contributed by atoms with van der Waals surface area (Å²) >= 11 is 1.52. The van der Waals surface area contributed by atoms with Crippen molar-refractivity contribution >= 4 is 29.2 Å². The number of hydrogen-bond acceptors (Lipinski definition) is 8. The first-order chi connectivity index (χ1) is 14.0. The number of nitrogens with zero attached hydrogens (tertiary/aromatic N) is 2. The summed E-state index contributed by atoms with van der Waals surface area (Å²) in [5, 5.41) is 12.7. The lowest BCUT2D eigenvalue weighted by Gasteiger charge is -2.23. The zero-order valence-corrected chi connectivity index (χ0v) is 17.0. The van der Waals surface area contributed by atoms with Crippen molar-refractivity contribution in [2.45, 2.75) is 64.0 Å². The molecule has 29 heavy (non-hydrogen) atoms. The molecule has 2 aromatic heterocycles. The number of aryl methyl sites for hydroxylation is 1. The Hall–Kier alpha value is -2.75. The molecule has 0 radical (unpaired) electrons. The van der Waals surface area contributed by atoms with Gasteiger partial charge in [-0.2, -0.15) is 16.3 Å². The van der Waals surface area contributed by atoms with Gasteiger partial charge in [0.25, 0.3) is 5.91 Å². The molecule has 10 heteroatoms. The van der Waals surface area contributed by atoms with Gasteiger partial charge in [-0.1, -0.05) is 24.4 Å². The van der Waals surface area contributed by atoms with Crippen LogP contribution in [0.1, 0.15) is 51.3 Å². The number of urea groups is 1. The number of amides is 3. The van der Waals surface area contributed by atoms with Gasteiger partial charge in [-0.15, -0.1) is 0 Å². The van der Waals surface area contributed by atoms with E-state index in [2.05, 4.69) is 20.8 Å². The van der Waals surface area contributed by atoms with E-state index in [1.165, 1.54) is 24.7 Å². The lowest BCUT2D eigenvalue weighted by Crippen LogP contribution is -2.48. The number of carbonyl (C=O) groups is 3. The molecule has 2 N–H and O–H groups in total. The monoisotopic (exact) mass is 420 g/mol. The van der Waals surface area contributed by atoms with E-state index < -0.39 is 24.0 Å². The highest BCUT2D eigenvalue weighted by Crippen LogP contribution is 2.19. The van der Waals surface area contributed by atoms with E-state index >= 15 is 0 Å². The fourth-order valence-electron chi connectivity index (χ4n) is 3.07. The third-order valence-corrected chi connectivity index (χ3v) is 5.33. The third kappa shape index (κ3) is 6.38. The van der Waals surface area contributed by atoms with E-state index in [9.17, 15) is 14.4 Å². The van der Waals surface area contributed by atoms with Crippen LogP contribution in [0.2, 0.25) is 0 Å². The molecule has 9 nitrogen and oxygen atoms in total. The maximum absolute atomic E-state index is 12.1. The molecule has 0 saturated heterocycles. The SMILES string of the molecule is CC(OC(=O)CCc1nc(-c2ccsc2)no1)C(=O)NC(=O)NC1CCCCC1. The fourth-order valence-corrected chi connectivity index (χ4v) is 3.70. The van der Waals surface area contributed by atoms with Crippen molar-refractivity contribution in [2.75, 3.05) is 0 Å². The van der Waals surface area contributed by atoms with Gasteiger partial charge in [0.2, 0.25) is 11.7 Å². The van der Waals surface area contributed by atoms with Crippen molar-refractivity contribution in [3.63, 3.8) is 0 Å². The molecule has 1 saturated carbocycles. The van der Waals surface area contributed by atoms with Gasteiger partial charge in [0, 0.05) is 23.4 Å². The summed E-state index contributed by atoms with van der Waals surface area (Å²) in [5.74, 6) is -0.474. The molecule has 3 amide bonds. The summed E-state index contributed by atoms with van der Waals surface area (Å²) in [7, 11) is 0. The van der Waals surface area contributed by atoms with E-state index in [0.717, 1.165) is 31.2 Å². The normalized spacial score (nSPS) is 15.5. The van der Waals surface area contributed by atoms with Crippen molar-refractivity contribution in [2.24, 2.45) is 0 Å². The lowest BCUT2D eigenvalue weighted by molar-refractivity contribution is -0.154. The average Bonchev–Trinajstić information content (AvgIpc) is 3.38. The van der Waals surface area contributed by atoms with Crippen LogP contribution in [0.3, 0.4) is 0 Å². The number of aromatic nitrogens is 2. The standard InChI is InChI=1S/C19H24N4O5S/c1-12(18(25)22-19(26)20-14-5-3-2-4-6-14)27-16(24)8-7-15-21-17(23-28-15)13-9-10-29-11-13/h9-12,14H,2-8H2,1H3,(H2,20,22,25,26). The second kappa shape index (κ2) is 10.1. The van der Waals surface area contributed by atoms with Crippen LogP contribution in [0.15, 0.2) is 21.3 Å². The van der Waals surface area contributed by atoms with Gasteiger partial charge in [0.1, 0.15) is 0 Å². The molecule has 3 rings (SSSR count). The maximum Gasteiger partial charge on any atom is 0.321 e. The second-order valence-electron chi connectivity index (χ2n) is 6.95. The highest BCUT2D eigenvalue weighted by atomic mass is 32.1. The van der Waals surface area contributed by atoms with Crippen molar-refractivity contribution in [1.82, 2.24) is 20.8 Å². The summed E-state index contributed by atoms with van der Waals surface area (Å²) in [5.41, 5.74) is 0.851. The number of carbonyl (C=O) groups excluding carboxylic acids is 3. The molecule has 156 valence electrons. The zero-order chi connectivity index (χ0) is 20.6. The number of nitrogens with one attached hydrogen (secondary N) is 2. The van der Waals surface area contributed by atoms with Crippen molar-refractivity contribution < 1.29 is 23.6 Å². The molecule has 1 unspecified atom stereocenters. The van der Waals surface area contributed by atoms with Gasteiger partial charge in [-0.3, -0.25) is 14.9 Å². The Morgan fingerprint density at radius 1 is 1.31 bits per heavy atom. The minimum absolute atomic E-state index is 0.0167. The van der Waals surface area contributed by atoms with Crippen molar-refractivity contribution in [3.8, 4) is 11.4 Å². The van der Waals surface area contributed by atoms with Crippen LogP contribution < -0.4 is 10.6 Å². The minimum Gasteiger partial charge on any atom is -0.453 e. The molecule has 0 aliphatic heterocycles. The topological polar surface area (TPSA) is 123 Å². The Kier molecular flexibility index (Phi) is 7.34. The molecule has 2 aromatic rings. The summed E-state index contributed by atoms with van der Waals surface area (Å²) < 4.78 is 10.2. The Morgan fingerprint density at radius 2 is 2.10 bits per heavy atom. The number of esters is 1. The summed E-state index contributed by atoms with van der Waals surface area (Å²) in [4.78, 5) is 40.2. The van der Waals surface area contributed by atoms with Gasteiger partial charge in [0.15, 0.2) is 6.10 Å². The summed E-state index contributed by atoms with van der Waals surface area (Å²) in [6.07, 6.45) is 4.24. The summed E-state index contributed by atoms with van der Waals surface area (Å²) in [6, 6.07) is 1.40. The number of ether oxygens (including phenoxy) is 1. The van der Waals surface area contributed by atoms with Crippen molar-refractivity contribution in [1.29, 1.82) is 0 Å². The predicted octanol–water partition coefficient (Wildman–Crippen LogP) is 2.82. The van der Waals surface area contributed by atoms with E-state index in [1.54, 1.807) is 0 Å². The molecule has 1 aliphatic rings. The first-order valence-electron chi connectivity index (χ1n) is 9.67. The highest BCUT2D eigenvalue weighted by molar-refractivity contribution is 7.08. The van der Waals surface area contributed by atoms with Crippen LogP contribution in [0, 0.1) is 0 Å². The average molecular weight is 420 g/mol. The molecule has 1 atom stereocenters. The highest BCUT2D eigenvalue weighted by Gasteiger charge is 2.22. The Balaban J connectivity index is 1.38. The molecular weight excluding hydrogens is 396 g/mol. The lowest BCUT2D eigenvalue weighted by atomic mass is 9.96. The predicted molar refractivity (Wildman–Crippen MR) is 105 cm³/mol. The van der Waals surface area contributed by atoms with Crippen LogP contribution in [-0.4, -0.2) is 40.2 Å². The molecular formula is C19H24N4O5S. The quantitative estimate of drug-likeness (QED) is 0.660. The molecule has 1 fully saturated rings. The van der Waals surface area contributed by atoms with Crippen molar-refractivity contribution in [3.05, 3.63) is 22.7 Å². The van der Waals surface area contributed by atoms with Gasteiger partial charge in [-0.25, -0.2) is 4.79 Å². The smallest absolute Gasteiger partial charge is 0.321 e. The molecule has 1 aliphatic carbocycles. The minimum atomic E-state index is -1.08. The van der Waals surface area contributed by atoms with Gasteiger partial charge < -0.3 is 14.6 Å². The third-order valence-electron chi connectivity index (χ3n) is 4.65. The maximum atomic E-state index is 12.1. The number of thiophene rings is 1. The fraction of sp³-hybridized carbons (Fsp3) is 0.526. The summed E-state index contributed by atoms with van der Waals surface area (Å²) in [6.45, 7) is 1.42. The van der Waals surface area contributed by atoms with Crippen LogP contribution in [0.4, 0.5) is 4.79 Å². The molecule has 0 aromatic carbocycles. The van der Waals surface area contributed by atoms with E-state index in [0.29, 0.717) is 11.7 Å². The van der Waals surface area contributed by atoms with Crippen LogP contribution in [0.25, 0.3) is 11.4 Å². The van der Waals surface area contributed by atoms with E-state index in [-0.39, 0.29) is 18.9 Å². The van der Waals surface area contributed by atoms with Gasteiger partial charge in [-0.05, 0) is 31.2 Å². The zero-order valence-electron chi connectivity index (χ0n) is 16.2. The number of imide groups is 1. The molecule has 0 spiro atoms. The Bertz CT molecular complexity index is 830. The largest absolute Gasteiger partial charge is 0.453 e. The Labute approximate surface area is 172 Å². The van der Waals surface area contributed by atoms with Crippen LogP contribution >= 0.6 is 11.3 Å². The van der Waals surface area contributed by atoms with Crippen LogP contribution in [0.5, 0.6) is 0 Å². The Morgan fingerprint density at radius 3 is 2.83 bits per heavy atom. The van der Waals surface area contributed by atoms with Gasteiger partial charge >= 0.3 is 12.0 Å². The van der Waals surface area contributed by atoms with Crippen LogP contribution in [-0.2, 0) is 20.7 Å². The van der Waals surface area contributed by atoms with E-state index in [1.807, 2.05) is 16.8 Å². The molecule has 0 bridgehead atoms. The first-order valence-corrected chi connectivity index (χ1v) is 10.6. The first kappa shape index (κ1) is 21.0. The molecule has 2 heterocycles. The number of hydrogen-bond donors (Lipinski definition) is 2. The van der Waals surface area contributed by atoms with E-state index in [4.69, 9.17) is 9.26 Å².